The maximum atomic E-state index is 5.97. The lowest BCUT2D eigenvalue weighted by Gasteiger charge is -2.04. The molecule has 0 saturated heterocycles. The van der Waals surface area contributed by atoms with Crippen LogP contribution in [-0.2, 0) is 13.0 Å². The Morgan fingerprint density at radius 2 is 2.06 bits per heavy atom. The van der Waals surface area contributed by atoms with E-state index in [1.807, 2.05) is 10.9 Å². The number of aromatic nitrogens is 2. The number of nitrogens with two attached hydrogens (primary N) is 1. The van der Waals surface area contributed by atoms with Crippen LogP contribution in [0.5, 0.6) is 0 Å². The second-order valence-electron chi connectivity index (χ2n) is 4.64. The van der Waals surface area contributed by atoms with E-state index in [0.717, 1.165) is 31.4 Å². The first-order valence-corrected chi connectivity index (χ1v) is 6.61. The Balaban J connectivity index is 1.82. The molecule has 1 atom stereocenters. The molecule has 0 saturated carbocycles. The molecule has 0 aliphatic carbocycles. The summed E-state index contributed by atoms with van der Waals surface area (Å²) in [4.78, 5) is 0. The highest BCUT2D eigenvalue weighted by molar-refractivity contribution is 5.14. The van der Waals surface area contributed by atoms with Crippen LogP contribution in [0.4, 0.5) is 0 Å². The van der Waals surface area contributed by atoms with Crippen molar-refractivity contribution in [2.75, 3.05) is 0 Å². The summed E-state index contributed by atoms with van der Waals surface area (Å²) in [6.07, 6.45) is 7.11. The molecule has 0 bridgehead atoms. The van der Waals surface area contributed by atoms with Crippen LogP contribution in [0.2, 0.25) is 0 Å². The van der Waals surface area contributed by atoms with Gasteiger partial charge in [0.2, 0.25) is 0 Å². The zero-order chi connectivity index (χ0) is 12.8. The first-order chi connectivity index (χ1) is 8.79. The lowest BCUT2D eigenvalue weighted by molar-refractivity contribution is 0.577. The van der Waals surface area contributed by atoms with E-state index in [1.54, 1.807) is 0 Å². The first kappa shape index (κ1) is 12.8. The average Bonchev–Trinajstić information content (AvgIpc) is 2.88. The van der Waals surface area contributed by atoms with E-state index in [9.17, 15) is 0 Å². The maximum Gasteiger partial charge on any atom is 0.0537 e. The fourth-order valence-corrected chi connectivity index (χ4v) is 2.02. The molecule has 2 N–H and O–H groups in total. The van der Waals surface area contributed by atoms with E-state index in [1.165, 1.54) is 5.56 Å². The van der Waals surface area contributed by atoms with Crippen molar-refractivity contribution in [3.05, 3.63) is 53.9 Å². The average molecular weight is 243 g/mol. The van der Waals surface area contributed by atoms with Crippen molar-refractivity contribution in [1.29, 1.82) is 0 Å². The van der Waals surface area contributed by atoms with Gasteiger partial charge in [-0.05, 0) is 24.8 Å². The minimum atomic E-state index is 0.118. The molecular formula is C15H21N3. The summed E-state index contributed by atoms with van der Waals surface area (Å²) < 4.78 is 1.99. The highest BCUT2D eigenvalue weighted by atomic mass is 15.3. The monoisotopic (exact) mass is 243 g/mol. The van der Waals surface area contributed by atoms with Gasteiger partial charge in [-0.15, -0.1) is 0 Å². The summed E-state index contributed by atoms with van der Waals surface area (Å²) in [6.45, 7) is 3.04. The molecule has 18 heavy (non-hydrogen) atoms. The van der Waals surface area contributed by atoms with Crippen molar-refractivity contribution in [3.63, 3.8) is 0 Å². The Bertz CT molecular complexity index is 462. The Morgan fingerprint density at radius 1 is 1.28 bits per heavy atom. The number of hydrogen-bond acceptors (Lipinski definition) is 2. The summed E-state index contributed by atoms with van der Waals surface area (Å²) >= 11 is 0. The van der Waals surface area contributed by atoms with Crippen molar-refractivity contribution in [1.82, 2.24) is 9.78 Å². The number of hydrogen-bond donors (Lipinski definition) is 1. The molecule has 0 aliphatic rings. The fourth-order valence-electron chi connectivity index (χ4n) is 2.02. The van der Waals surface area contributed by atoms with Gasteiger partial charge in [-0.25, -0.2) is 0 Å². The van der Waals surface area contributed by atoms with Crippen molar-refractivity contribution in [2.24, 2.45) is 5.73 Å². The van der Waals surface area contributed by atoms with Crippen molar-refractivity contribution >= 4 is 0 Å². The lowest BCUT2D eigenvalue weighted by Crippen LogP contribution is -2.07. The third-order valence-electron chi connectivity index (χ3n) is 3.22. The quantitative estimate of drug-likeness (QED) is 0.847. The van der Waals surface area contributed by atoms with Crippen LogP contribution < -0.4 is 5.73 Å². The van der Waals surface area contributed by atoms with Gasteiger partial charge in [0.15, 0.2) is 0 Å². The van der Waals surface area contributed by atoms with Gasteiger partial charge in [-0.1, -0.05) is 37.3 Å². The summed E-state index contributed by atoms with van der Waals surface area (Å²) in [5.41, 5.74) is 8.49. The van der Waals surface area contributed by atoms with Crippen LogP contribution in [0, 0.1) is 0 Å². The Labute approximate surface area is 109 Å². The summed E-state index contributed by atoms with van der Waals surface area (Å²) in [5, 5.41) is 4.35. The van der Waals surface area contributed by atoms with E-state index >= 15 is 0 Å². The highest BCUT2D eigenvalue weighted by Crippen LogP contribution is 2.12. The van der Waals surface area contributed by atoms with Crippen LogP contribution in [0.15, 0.2) is 42.7 Å². The van der Waals surface area contributed by atoms with Crippen LogP contribution in [-0.4, -0.2) is 9.78 Å². The normalized spacial score (nSPS) is 12.6. The largest absolute Gasteiger partial charge is 0.324 e. The van der Waals surface area contributed by atoms with E-state index in [-0.39, 0.29) is 6.04 Å². The molecular weight excluding hydrogens is 222 g/mol. The molecule has 0 aliphatic heterocycles. The van der Waals surface area contributed by atoms with E-state index in [0.29, 0.717) is 0 Å². The smallest absolute Gasteiger partial charge is 0.0537 e. The minimum absolute atomic E-state index is 0.118. The molecule has 1 aromatic carbocycles. The van der Waals surface area contributed by atoms with Crippen LogP contribution in [0.3, 0.4) is 0 Å². The van der Waals surface area contributed by atoms with Gasteiger partial charge in [0.05, 0.1) is 6.20 Å². The molecule has 2 rings (SSSR count). The number of rotatable bonds is 6. The van der Waals surface area contributed by atoms with Gasteiger partial charge in [-0.3, -0.25) is 4.68 Å². The van der Waals surface area contributed by atoms with Crippen molar-refractivity contribution in [3.8, 4) is 0 Å². The second kappa shape index (κ2) is 6.36. The van der Waals surface area contributed by atoms with Gasteiger partial charge in [-0.2, -0.15) is 5.10 Å². The van der Waals surface area contributed by atoms with Gasteiger partial charge < -0.3 is 5.73 Å². The van der Waals surface area contributed by atoms with E-state index in [2.05, 4.69) is 48.6 Å². The predicted octanol–water partition coefficient (Wildman–Crippen LogP) is 2.93. The summed E-state index contributed by atoms with van der Waals surface area (Å²) in [7, 11) is 0. The van der Waals surface area contributed by atoms with Crippen molar-refractivity contribution < 1.29 is 0 Å². The maximum absolute atomic E-state index is 5.97. The van der Waals surface area contributed by atoms with Gasteiger partial charge in [0, 0.05) is 24.3 Å². The second-order valence-corrected chi connectivity index (χ2v) is 4.64. The minimum Gasteiger partial charge on any atom is -0.324 e. The van der Waals surface area contributed by atoms with Crippen LogP contribution in [0.1, 0.15) is 36.9 Å². The number of benzene rings is 1. The first-order valence-electron chi connectivity index (χ1n) is 6.61. The van der Waals surface area contributed by atoms with E-state index in [4.69, 9.17) is 5.73 Å². The summed E-state index contributed by atoms with van der Waals surface area (Å²) in [6, 6.07) is 10.7. The molecule has 0 fully saturated rings. The van der Waals surface area contributed by atoms with Gasteiger partial charge in [0.1, 0.15) is 0 Å². The number of nitrogens with zero attached hydrogens (tertiary/aromatic N) is 2. The molecule has 1 unspecified atom stereocenters. The van der Waals surface area contributed by atoms with Gasteiger partial charge >= 0.3 is 0 Å². The SMILES string of the molecule is CCC(N)c1cnn(CCCc2ccccc2)c1. The van der Waals surface area contributed by atoms with Gasteiger partial charge in [0.25, 0.3) is 0 Å². The standard InChI is InChI=1S/C15H21N3/c1-2-15(16)14-11-17-18(12-14)10-6-9-13-7-4-3-5-8-13/h3-5,7-8,11-12,15H,2,6,9-10,16H2,1H3. The molecule has 0 radical (unpaired) electrons. The molecule has 3 nitrogen and oxygen atoms in total. The predicted molar refractivity (Wildman–Crippen MR) is 74.2 cm³/mol. The molecule has 2 aromatic rings. The van der Waals surface area contributed by atoms with Crippen LogP contribution >= 0.6 is 0 Å². The molecule has 1 aromatic heterocycles. The molecule has 0 amide bonds. The molecule has 1 heterocycles. The third-order valence-corrected chi connectivity index (χ3v) is 3.22. The topological polar surface area (TPSA) is 43.8 Å². The molecule has 0 spiro atoms. The van der Waals surface area contributed by atoms with Crippen molar-refractivity contribution in [2.45, 2.75) is 38.8 Å². The summed E-state index contributed by atoms with van der Waals surface area (Å²) in [5.74, 6) is 0. The molecule has 3 heteroatoms. The highest BCUT2D eigenvalue weighted by Gasteiger charge is 2.05. The Hall–Kier alpha value is -1.61. The third kappa shape index (κ3) is 3.44. The molecule has 96 valence electrons. The lowest BCUT2D eigenvalue weighted by atomic mass is 10.1. The zero-order valence-electron chi connectivity index (χ0n) is 10.9. The zero-order valence-corrected chi connectivity index (χ0v) is 10.9. The number of aryl methyl sites for hydroxylation is 2. The fraction of sp³-hybridized carbons (Fsp3) is 0.400. The van der Waals surface area contributed by atoms with E-state index < -0.39 is 0 Å². The Kier molecular flexibility index (Phi) is 4.53. The van der Waals surface area contributed by atoms with Crippen LogP contribution in [0.25, 0.3) is 0 Å². The Morgan fingerprint density at radius 3 is 2.78 bits per heavy atom.